The van der Waals surface area contributed by atoms with Crippen LogP contribution in [-0.2, 0) is 52.9 Å². The maximum absolute atomic E-state index is 11.7. The molecule has 2 aromatic rings. The first-order chi connectivity index (χ1) is 15.7. The molecule has 0 aliphatic carbocycles. The van der Waals surface area contributed by atoms with E-state index in [-0.39, 0.29) is 74.1 Å². The summed E-state index contributed by atoms with van der Waals surface area (Å²) in [5.41, 5.74) is 7.13. The summed E-state index contributed by atoms with van der Waals surface area (Å²) < 4.78 is 0. The fourth-order valence-electron chi connectivity index (χ4n) is 2.58. The van der Waals surface area contributed by atoms with Gasteiger partial charge in [0.1, 0.15) is 18.4 Å². The Morgan fingerprint density at radius 3 is 1.84 bits per heavy atom. The van der Waals surface area contributed by atoms with Gasteiger partial charge >= 0.3 is 33.0 Å². The van der Waals surface area contributed by atoms with Crippen molar-refractivity contribution >= 4 is 36.3 Å². The number of carbonyl (C=O) groups excluding carboxylic acids is 2. The summed E-state index contributed by atoms with van der Waals surface area (Å²) in [4.78, 5) is 52.5. The van der Waals surface area contributed by atoms with E-state index >= 15 is 0 Å². The van der Waals surface area contributed by atoms with Gasteiger partial charge in [-0.3, -0.25) is 29.1 Å². The Balaban J connectivity index is -0.000000292. The first-order valence-electron chi connectivity index (χ1n) is 10.1. The third-order valence-electron chi connectivity index (χ3n) is 4.34. The second kappa shape index (κ2) is 23.8. The Morgan fingerprint density at radius 1 is 0.946 bits per heavy atom. The zero-order chi connectivity index (χ0) is 24.6. The van der Waals surface area contributed by atoms with Crippen LogP contribution in [0.1, 0.15) is 25.7 Å². The van der Waals surface area contributed by atoms with Gasteiger partial charge in [-0.1, -0.05) is 12.1 Å². The number of aliphatic carboxylic acids is 2. The molecule has 12 heteroatoms. The number of ketones is 1. The third kappa shape index (κ3) is 18.3. The molecule has 2 unspecified atom stereocenters. The molecule has 37 heavy (non-hydrogen) atoms. The summed E-state index contributed by atoms with van der Waals surface area (Å²) in [6, 6.07) is 10.6. The van der Waals surface area contributed by atoms with Crippen LogP contribution in [0.3, 0.4) is 0 Å². The Labute approximate surface area is 239 Å². The molecule has 0 aliphatic heterocycles. The first kappa shape index (κ1) is 41.5. The smallest absolute Gasteiger partial charge is 0.792 e. The van der Waals surface area contributed by atoms with E-state index in [4.69, 9.17) is 28.6 Å². The van der Waals surface area contributed by atoms with Gasteiger partial charge < -0.3 is 56.2 Å². The van der Waals surface area contributed by atoms with Crippen LogP contribution in [0, 0.1) is 28.2 Å². The van der Waals surface area contributed by atoms with Crippen LogP contribution >= 0.6 is 0 Å². The molecule has 2 rings (SSSR count). The summed E-state index contributed by atoms with van der Waals surface area (Å²) in [5.74, 6) is -3.85. The fourth-order valence-corrected chi connectivity index (χ4v) is 2.85. The predicted octanol–water partition coefficient (Wildman–Crippen LogP) is 2.38. The quantitative estimate of drug-likeness (QED) is 0.189. The number of hydrogen-bond acceptors (Lipinski definition) is 8. The van der Waals surface area contributed by atoms with Gasteiger partial charge in [0, 0.05) is 31.2 Å². The summed E-state index contributed by atoms with van der Waals surface area (Å²) in [7, 11) is 0. The van der Waals surface area contributed by atoms with Crippen LogP contribution in [0.4, 0.5) is 0 Å². The zero-order valence-corrected chi connectivity index (χ0v) is 24.3. The molecule has 208 valence electrons. The number of pyridine rings is 2. The molecule has 0 saturated heterocycles. The number of nitrogens with zero attached hydrogens (tertiary/aromatic N) is 2. The molecular weight excluding hydrogens is 679 g/mol. The fraction of sp³-hybridized carbons (Fsp3) is 0.320. The van der Waals surface area contributed by atoms with Crippen LogP contribution < -0.4 is 11.1 Å². The number of carboxylic acid groups (broad SMARTS) is 2. The van der Waals surface area contributed by atoms with E-state index in [1.807, 2.05) is 36.4 Å². The Hall–Kier alpha value is -2.62. The number of carbonyl (C=O) groups is 4. The molecule has 2 aromatic heterocycles. The molecule has 0 aliphatic rings. The minimum Gasteiger partial charge on any atom is -0.792 e. The van der Waals surface area contributed by atoms with Gasteiger partial charge in [-0.2, -0.15) is 5.75 Å². The average Bonchev–Trinajstić information content (AvgIpc) is 2.82. The summed E-state index contributed by atoms with van der Waals surface area (Å²) in [6.45, 7) is -0.522. The molecule has 10 nitrogen and oxygen atoms in total. The summed E-state index contributed by atoms with van der Waals surface area (Å²) in [6.07, 6.45) is 4.04. The van der Waals surface area contributed by atoms with Crippen LogP contribution in [0.15, 0.2) is 48.8 Å². The van der Waals surface area contributed by atoms with Crippen molar-refractivity contribution in [3.05, 3.63) is 71.1 Å². The first-order valence-corrected chi connectivity index (χ1v) is 10.7. The number of Topliss-reactive ketones (excluding diaryl/α,β-unsaturated/α-hetero) is 1. The maximum Gasteiger partial charge on any atom is 4.00 e. The van der Waals surface area contributed by atoms with Gasteiger partial charge in [-0.25, -0.2) is 0 Å². The van der Waals surface area contributed by atoms with E-state index in [2.05, 4.69) is 15.3 Å². The van der Waals surface area contributed by atoms with Crippen molar-refractivity contribution in [2.75, 3.05) is 12.3 Å². The predicted molar refractivity (Wildman–Crippen MR) is 142 cm³/mol. The van der Waals surface area contributed by atoms with Crippen LogP contribution in [0.5, 0.6) is 0 Å². The molecule has 0 spiro atoms. The molecule has 0 bridgehead atoms. The van der Waals surface area contributed by atoms with Crippen LogP contribution in [0.25, 0.3) is 11.4 Å². The van der Waals surface area contributed by atoms with Crippen LogP contribution in [-0.4, -0.2) is 62.1 Å². The number of amides is 1. The second-order valence-electron chi connectivity index (χ2n) is 6.98. The van der Waals surface area contributed by atoms with Gasteiger partial charge in [-0.05, 0) is 37.1 Å². The van der Waals surface area contributed by atoms with Crippen molar-refractivity contribution in [2.24, 2.45) is 11.7 Å². The number of nitrogens with two attached hydrogens (primary N) is 1. The standard InChI is InChI=1S/C12H20N2O6S.C10H8N2.3CH3.Pt/c13-9(12(19)20)3-1-2-8(15)4-7(6-21)11(18)14-5-10(16)17;1-3-7-11-9(5-1)10-6-2-4-8-12-10;;;;/h7,9,21H,1-6,13H2,(H,14,18)(H,16,17)(H,19,20);1-8H;3*1H3;/q;;3*-1;+4/p-1. The van der Waals surface area contributed by atoms with Crippen molar-refractivity contribution in [1.82, 2.24) is 15.3 Å². The Morgan fingerprint density at radius 2 is 1.46 bits per heavy atom. The van der Waals surface area contributed by atoms with Gasteiger partial charge in [0.25, 0.3) is 0 Å². The molecule has 1 amide bonds. The Bertz CT molecular complexity index is 869. The molecular formula is C25H36N4O6PtS. The minimum absolute atomic E-state index is 0. The van der Waals surface area contributed by atoms with E-state index < -0.39 is 36.4 Å². The van der Waals surface area contributed by atoms with Gasteiger partial charge in [0.2, 0.25) is 5.91 Å². The number of hydrogen-bond donors (Lipinski definition) is 4. The van der Waals surface area contributed by atoms with Crippen molar-refractivity contribution < 1.29 is 50.5 Å². The molecule has 2 atom stereocenters. The number of carboxylic acids is 2. The van der Waals surface area contributed by atoms with Gasteiger partial charge in [0.15, 0.2) is 0 Å². The zero-order valence-electron chi connectivity index (χ0n) is 21.2. The maximum atomic E-state index is 11.7. The normalized spacial score (nSPS) is 10.6. The minimum atomic E-state index is -1.18. The SMILES string of the molecule is NC(CCCC(=O)CC(C[S-])C(=O)NCC(=O)O)C(=O)O.[CH3-].[CH3-].[CH3-].[Pt+4].c1ccc(-c2ccccn2)nc1. The van der Waals surface area contributed by atoms with Crippen molar-refractivity contribution in [3.63, 3.8) is 0 Å². The monoisotopic (exact) mass is 715 g/mol. The van der Waals surface area contributed by atoms with Crippen molar-refractivity contribution in [3.8, 4) is 11.4 Å². The molecule has 2 heterocycles. The van der Waals surface area contributed by atoms with E-state index in [0.29, 0.717) is 6.42 Å². The van der Waals surface area contributed by atoms with Crippen molar-refractivity contribution in [1.29, 1.82) is 0 Å². The molecule has 0 aromatic carbocycles. The molecule has 0 saturated carbocycles. The Kier molecular flexibility index (Phi) is 26.6. The molecule has 5 N–H and O–H groups in total. The van der Waals surface area contributed by atoms with Gasteiger partial charge in [-0.15, -0.1) is 0 Å². The van der Waals surface area contributed by atoms with Gasteiger partial charge in [0.05, 0.1) is 11.4 Å². The average molecular weight is 716 g/mol. The van der Waals surface area contributed by atoms with Crippen LogP contribution in [0.2, 0.25) is 0 Å². The van der Waals surface area contributed by atoms with E-state index in [1.54, 1.807) is 12.4 Å². The van der Waals surface area contributed by atoms with Crippen molar-refractivity contribution in [2.45, 2.75) is 31.7 Å². The van der Waals surface area contributed by atoms with E-state index in [9.17, 15) is 19.2 Å². The largest absolute Gasteiger partial charge is 4.00 e. The third-order valence-corrected chi connectivity index (χ3v) is 4.74. The summed E-state index contributed by atoms with van der Waals surface area (Å²) >= 11 is 4.78. The topological polar surface area (TPSA) is 173 Å². The van der Waals surface area contributed by atoms with E-state index in [1.165, 1.54) is 0 Å². The number of rotatable bonds is 12. The summed E-state index contributed by atoms with van der Waals surface area (Å²) in [5, 5.41) is 19.2. The molecule has 0 fully saturated rings. The van der Waals surface area contributed by atoms with E-state index in [0.717, 1.165) is 11.4 Å². The number of aromatic nitrogens is 2. The molecule has 0 radical (unpaired) electrons. The number of nitrogens with one attached hydrogen (secondary N) is 1. The second-order valence-corrected chi connectivity index (χ2v) is 7.32.